The Kier molecular flexibility index (Phi) is 4.11. The molecule has 0 aliphatic rings. The molecule has 0 saturated heterocycles. The molecule has 112 valence electrons. The van der Waals surface area contributed by atoms with E-state index in [1.165, 1.54) is 0 Å². The number of hydrogen-bond donors (Lipinski definition) is 1. The predicted octanol–water partition coefficient (Wildman–Crippen LogP) is 3.80. The summed E-state index contributed by atoms with van der Waals surface area (Å²) >= 11 is 3.46. The number of fused-ring (bicyclic) bond motifs is 1. The van der Waals surface area contributed by atoms with Gasteiger partial charge in [0, 0.05) is 17.1 Å². The van der Waals surface area contributed by atoms with Gasteiger partial charge in [0.25, 0.3) is 0 Å². The van der Waals surface area contributed by atoms with Crippen molar-refractivity contribution in [3.8, 4) is 5.88 Å². The van der Waals surface area contributed by atoms with Crippen molar-refractivity contribution in [3.63, 3.8) is 0 Å². The summed E-state index contributed by atoms with van der Waals surface area (Å²) in [5.74, 6) is -0.575. The second-order valence-electron chi connectivity index (χ2n) is 4.74. The van der Waals surface area contributed by atoms with Gasteiger partial charge in [0.1, 0.15) is 12.2 Å². The maximum Gasteiger partial charge on any atom is 0.308 e. The van der Waals surface area contributed by atoms with Gasteiger partial charge in [-0.3, -0.25) is 4.79 Å². The molecule has 6 heteroatoms. The molecule has 2 heterocycles. The van der Waals surface area contributed by atoms with Crippen molar-refractivity contribution in [3.05, 3.63) is 58.4 Å². The average molecular weight is 362 g/mol. The number of carbonyl (C=O) groups is 1. The number of furan rings is 1. The summed E-state index contributed by atoms with van der Waals surface area (Å²) < 4.78 is 11.9. The minimum Gasteiger partial charge on any atom is -0.481 e. The number of aromatic nitrogens is 1. The van der Waals surface area contributed by atoms with Gasteiger partial charge < -0.3 is 14.3 Å². The lowest BCUT2D eigenvalue weighted by molar-refractivity contribution is -0.136. The van der Waals surface area contributed by atoms with Crippen LogP contribution in [-0.2, 0) is 17.8 Å². The lowest BCUT2D eigenvalue weighted by atomic mass is 10.2. The zero-order valence-corrected chi connectivity index (χ0v) is 13.0. The molecule has 3 rings (SSSR count). The summed E-state index contributed by atoms with van der Waals surface area (Å²) in [5.41, 5.74) is 2.28. The number of aliphatic carboxylic acids is 1. The highest BCUT2D eigenvalue weighted by Crippen LogP contribution is 2.27. The molecule has 3 aromatic rings. The van der Waals surface area contributed by atoms with Gasteiger partial charge in [-0.2, -0.15) is 0 Å². The SMILES string of the molecule is O=C(O)Cc1cccnc1OCc1cc(Br)c2occc2c1. The zero-order valence-electron chi connectivity index (χ0n) is 11.5. The molecule has 0 spiro atoms. The molecule has 1 N–H and O–H groups in total. The molecule has 0 aliphatic carbocycles. The molecule has 22 heavy (non-hydrogen) atoms. The van der Waals surface area contributed by atoms with Gasteiger partial charge in [0.15, 0.2) is 0 Å². The first-order valence-electron chi connectivity index (χ1n) is 6.57. The predicted molar refractivity (Wildman–Crippen MR) is 83.8 cm³/mol. The van der Waals surface area contributed by atoms with Gasteiger partial charge >= 0.3 is 5.97 Å². The number of carboxylic acid groups (broad SMARTS) is 1. The van der Waals surface area contributed by atoms with E-state index in [0.717, 1.165) is 21.0 Å². The molecule has 1 aromatic carbocycles. The quantitative estimate of drug-likeness (QED) is 0.748. The third-order valence-electron chi connectivity index (χ3n) is 3.13. The van der Waals surface area contributed by atoms with Crippen LogP contribution in [0.4, 0.5) is 0 Å². The van der Waals surface area contributed by atoms with Crippen LogP contribution in [0.2, 0.25) is 0 Å². The summed E-state index contributed by atoms with van der Waals surface area (Å²) in [7, 11) is 0. The van der Waals surface area contributed by atoms with E-state index < -0.39 is 5.97 Å². The Hall–Kier alpha value is -2.34. The van der Waals surface area contributed by atoms with Crippen LogP contribution in [0.5, 0.6) is 5.88 Å². The minimum atomic E-state index is -0.916. The normalized spacial score (nSPS) is 10.8. The highest BCUT2D eigenvalue weighted by molar-refractivity contribution is 9.10. The number of carboxylic acids is 1. The molecular formula is C16H12BrNO4. The Morgan fingerprint density at radius 3 is 3.05 bits per heavy atom. The van der Waals surface area contributed by atoms with Crippen LogP contribution < -0.4 is 4.74 Å². The van der Waals surface area contributed by atoms with Crippen LogP contribution in [0, 0.1) is 0 Å². The van der Waals surface area contributed by atoms with Crippen molar-refractivity contribution in [2.75, 3.05) is 0 Å². The molecule has 0 fully saturated rings. The fraction of sp³-hybridized carbons (Fsp3) is 0.125. The Labute approximate surface area is 134 Å². The van der Waals surface area contributed by atoms with Crippen LogP contribution in [-0.4, -0.2) is 16.1 Å². The lowest BCUT2D eigenvalue weighted by Crippen LogP contribution is -2.05. The van der Waals surface area contributed by atoms with E-state index in [1.807, 2.05) is 18.2 Å². The van der Waals surface area contributed by atoms with Crippen LogP contribution >= 0.6 is 15.9 Å². The number of hydrogen-bond acceptors (Lipinski definition) is 4. The molecule has 5 nitrogen and oxygen atoms in total. The highest BCUT2D eigenvalue weighted by atomic mass is 79.9. The fourth-order valence-corrected chi connectivity index (χ4v) is 2.80. The standard InChI is InChI=1S/C16H12BrNO4/c17-13-7-10(6-11-3-5-21-15(11)13)9-22-16-12(8-14(19)20)2-1-4-18-16/h1-7H,8-9H2,(H,19,20). The number of halogens is 1. The van der Waals surface area contributed by atoms with Gasteiger partial charge in [-0.25, -0.2) is 4.98 Å². The summed E-state index contributed by atoms with van der Waals surface area (Å²) in [6.07, 6.45) is 3.09. The van der Waals surface area contributed by atoms with Gasteiger partial charge in [-0.15, -0.1) is 0 Å². The van der Waals surface area contributed by atoms with Crippen molar-refractivity contribution < 1.29 is 19.1 Å². The second-order valence-corrected chi connectivity index (χ2v) is 5.60. The molecule has 0 atom stereocenters. The zero-order chi connectivity index (χ0) is 15.5. The topological polar surface area (TPSA) is 72.6 Å². The molecule has 0 radical (unpaired) electrons. The first kappa shape index (κ1) is 14.6. The van der Waals surface area contributed by atoms with Crippen LogP contribution in [0.1, 0.15) is 11.1 Å². The Morgan fingerprint density at radius 2 is 2.23 bits per heavy atom. The van der Waals surface area contributed by atoms with Gasteiger partial charge in [-0.1, -0.05) is 6.07 Å². The average Bonchev–Trinajstić information content (AvgIpc) is 2.95. The third-order valence-corrected chi connectivity index (χ3v) is 3.72. The molecule has 2 aromatic heterocycles. The molecule has 0 unspecified atom stereocenters. The first-order valence-corrected chi connectivity index (χ1v) is 7.37. The number of benzene rings is 1. The highest BCUT2D eigenvalue weighted by Gasteiger charge is 2.10. The van der Waals surface area contributed by atoms with E-state index in [2.05, 4.69) is 20.9 Å². The van der Waals surface area contributed by atoms with Crippen LogP contribution in [0.25, 0.3) is 11.0 Å². The Bertz CT molecular complexity index is 828. The van der Waals surface area contributed by atoms with E-state index >= 15 is 0 Å². The summed E-state index contributed by atoms with van der Waals surface area (Å²) in [6, 6.07) is 9.14. The fourth-order valence-electron chi connectivity index (χ4n) is 2.18. The van der Waals surface area contributed by atoms with E-state index in [0.29, 0.717) is 18.1 Å². The van der Waals surface area contributed by atoms with E-state index in [9.17, 15) is 4.79 Å². The van der Waals surface area contributed by atoms with E-state index in [4.69, 9.17) is 14.3 Å². The van der Waals surface area contributed by atoms with Crippen molar-refractivity contribution in [2.45, 2.75) is 13.0 Å². The number of ether oxygens (including phenoxy) is 1. The van der Waals surface area contributed by atoms with Crippen molar-refractivity contribution in [1.29, 1.82) is 0 Å². The Balaban J connectivity index is 1.80. The van der Waals surface area contributed by atoms with Crippen molar-refractivity contribution in [1.82, 2.24) is 4.98 Å². The maximum absolute atomic E-state index is 10.9. The monoisotopic (exact) mass is 361 g/mol. The number of nitrogens with zero attached hydrogens (tertiary/aromatic N) is 1. The smallest absolute Gasteiger partial charge is 0.308 e. The molecule has 0 bridgehead atoms. The summed E-state index contributed by atoms with van der Waals surface area (Å²) in [4.78, 5) is 15.0. The van der Waals surface area contributed by atoms with Crippen molar-refractivity contribution >= 4 is 32.9 Å². The summed E-state index contributed by atoms with van der Waals surface area (Å²) in [6.45, 7) is 0.295. The lowest BCUT2D eigenvalue weighted by Gasteiger charge is -2.09. The number of rotatable bonds is 5. The molecule has 0 aliphatic heterocycles. The van der Waals surface area contributed by atoms with Gasteiger partial charge in [0.05, 0.1) is 17.2 Å². The van der Waals surface area contributed by atoms with Crippen LogP contribution in [0.3, 0.4) is 0 Å². The second kappa shape index (κ2) is 6.19. The largest absolute Gasteiger partial charge is 0.481 e. The molecule has 0 saturated carbocycles. The van der Waals surface area contributed by atoms with E-state index in [1.54, 1.807) is 24.6 Å². The third kappa shape index (κ3) is 3.12. The van der Waals surface area contributed by atoms with Crippen molar-refractivity contribution in [2.24, 2.45) is 0 Å². The minimum absolute atomic E-state index is 0.117. The maximum atomic E-state index is 10.9. The van der Waals surface area contributed by atoms with E-state index in [-0.39, 0.29) is 6.42 Å². The molecular weight excluding hydrogens is 350 g/mol. The van der Waals surface area contributed by atoms with Gasteiger partial charge in [-0.05, 0) is 45.8 Å². The summed E-state index contributed by atoms with van der Waals surface area (Å²) in [5, 5.41) is 9.88. The Morgan fingerprint density at radius 1 is 1.36 bits per heavy atom. The van der Waals surface area contributed by atoms with Gasteiger partial charge in [0.2, 0.25) is 5.88 Å². The first-order chi connectivity index (χ1) is 10.6. The van der Waals surface area contributed by atoms with Crippen LogP contribution in [0.15, 0.2) is 51.7 Å². The number of pyridine rings is 1. The molecule has 0 amide bonds.